The minimum Gasteiger partial charge on any atom is -0.354 e. The van der Waals surface area contributed by atoms with Crippen LogP contribution in [-0.4, -0.2) is 37.3 Å². The summed E-state index contributed by atoms with van der Waals surface area (Å²) in [6.07, 6.45) is 6.91. The van der Waals surface area contributed by atoms with E-state index in [0.29, 0.717) is 33.9 Å². The maximum Gasteiger partial charge on any atom is 0.268 e. The number of carbonyl (C=O) groups excluding carboxylic acids is 1. The molecular weight excluding hydrogens is 607 g/mol. The van der Waals surface area contributed by atoms with Crippen molar-refractivity contribution < 1.29 is 13.2 Å². The lowest BCUT2D eigenvalue weighted by Gasteiger charge is -2.26. The van der Waals surface area contributed by atoms with E-state index < -0.39 is 10.0 Å². The largest absolute Gasteiger partial charge is 0.354 e. The molecule has 8 nitrogen and oxygen atoms in total. The predicted molar refractivity (Wildman–Crippen MR) is 188 cm³/mol. The van der Waals surface area contributed by atoms with Crippen LogP contribution in [0.25, 0.3) is 11.3 Å². The highest BCUT2D eigenvalue weighted by Crippen LogP contribution is 2.42. The van der Waals surface area contributed by atoms with Crippen LogP contribution in [-0.2, 0) is 21.4 Å². The Bertz CT molecular complexity index is 2010. The number of nitrogens with zero attached hydrogens (tertiary/aromatic N) is 3. The smallest absolute Gasteiger partial charge is 0.268 e. The van der Waals surface area contributed by atoms with Gasteiger partial charge in [-0.05, 0) is 91.7 Å². The fourth-order valence-electron chi connectivity index (χ4n) is 6.23. The van der Waals surface area contributed by atoms with Crippen molar-refractivity contribution in [2.45, 2.75) is 30.7 Å². The molecule has 0 radical (unpaired) electrons. The maximum absolute atomic E-state index is 14.1. The summed E-state index contributed by atoms with van der Waals surface area (Å²) in [5, 5.41) is 6.53. The number of benzene rings is 4. The molecule has 0 spiro atoms. The van der Waals surface area contributed by atoms with Gasteiger partial charge in [0, 0.05) is 29.7 Å². The lowest BCUT2D eigenvalue weighted by Crippen LogP contribution is -2.29. The van der Waals surface area contributed by atoms with Crippen molar-refractivity contribution in [3.8, 4) is 0 Å². The molecule has 2 N–H and O–H groups in total. The number of amides is 1. The summed E-state index contributed by atoms with van der Waals surface area (Å²) in [4.78, 5) is 20.6. The highest BCUT2D eigenvalue weighted by molar-refractivity contribution is 7.93. The molecule has 7 rings (SSSR count). The molecule has 0 atom stereocenters. The summed E-state index contributed by atoms with van der Waals surface area (Å²) in [6, 6.07) is 34.9. The number of carbonyl (C=O) groups is 1. The number of anilines is 4. The molecule has 9 heteroatoms. The van der Waals surface area contributed by atoms with Crippen molar-refractivity contribution in [2.24, 2.45) is 0 Å². The molecule has 0 saturated carbocycles. The average molecular weight is 642 g/mol. The van der Waals surface area contributed by atoms with E-state index in [9.17, 15) is 13.2 Å². The van der Waals surface area contributed by atoms with Gasteiger partial charge in [0.1, 0.15) is 0 Å². The topological polar surface area (TPSA) is 94.6 Å². The van der Waals surface area contributed by atoms with Crippen LogP contribution in [0.4, 0.5) is 22.7 Å². The minimum absolute atomic E-state index is 0.143. The summed E-state index contributed by atoms with van der Waals surface area (Å²) < 4.78 is 29.5. The third-order valence-corrected chi connectivity index (χ3v) is 10.3. The second-order valence-corrected chi connectivity index (χ2v) is 13.5. The van der Waals surface area contributed by atoms with Gasteiger partial charge in [-0.15, -0.1) is 0 Å². The van der Waals surface area contributed by atoms with E-state index in [4.69, 9.17) is 0 Å². The quantitative estimate of drug-likeness (QED) is 0.162. The van der Waals surface area contributed by atoms with Gasteiger partial charge in [0.15, 0.2) is 0 Å². The Labute approximate surface area is 275 Å². The Morgan fingerprint density at radius 1 is 0.809 bits per heavy atom. The molecule has 236 valence electrons. The van der Waals surface area contributed by atoms with Crippen molar-refractivity contribution in [1.29, 1.82) is 0 Å². The van der Waals surface area contributed by atoms with Crippen molar-refractivity contribution >= 4 is 50.0 Å². The van der Waals surface area contributed by atoms with Gasteiger partial charge in [0.2, 0.25) is 0 Å². The van der Waals surface area contributed by atoms with Crippen LogP contribution >= 0.6 is 0 Å². The molecule has 0 unspecified atom stereocenters. The van der Waals surface area contributed by atoms with E-state index >= 15 is 0 Å². The first-order valence-corrected chi connectivity index (χ1v) is 17.3. The molecule has 4 aromatic carbocycles. The number of piperidine rings is 1. The van der Waals surface area contributed by atoms with Gasteiger partial charge in [0.25, 0.3) is 15.9 Å². The second kappa shape index (κ2) is 13.2. The van der Waals surface area contributed by atoms with E-state index in [1.54, 1.807) is 66.9 Å². The van der Waals surface area contributed by atoms with Crippen LogP contribution in [0.1, 0.15) is 36.0 Å². The number of aromatic nitrogens is 1. The lowest BCUT2D eigenvalue weighted by atomic mass is 9.99. The highest BCUT2D eigenvalue weighted by atomic mass is 32.2. The molecule has 1 aromatic heterocycles. The number of sulfonamides is 1. The van der Waals surface area contributed by atoms with Gasteiger partial charge in [-0.3, -0.25) is 14.7 Å². The normalized spacial score (nSPS) is 15.9. The number of pyridine rings is 1. The van der Waals surface area contributed by atoms with Gasteiger partial charge < -0.3 is 10.6 Å². The molecular formula is C38H35N5O3S. The first-order chi connectivity index (χ1) is 23.0. The van der Waals surface area contributed by atoms with Crippen LogP contribution in [0.5, 0.6) is 0 Å². The number of likely N-dealkylation sites (tertiary alicyclic amines) is 1. The fraction of sp³-hybridized carbons (Fsp3) is 0.158. The summed E-state index contributed by atoms with van der Waals surface area (Å²) in [5.74, 6) is -0.274. The van der Waals surface area contributed by atoms with Crippen molar-refractivity contribution in [3.05, 3.63) is 144 Å². The number of nitrogens with one attached hydrogen (secondary N) is 2. The number of fused-ring (bicyclic) bond motifs is 1. The zero-order chi connectivity index (χ0) is 32.2. The first kappa shape index (κ1) is 30.4. The van der Waals surface area contributed by atoms with Crippen LogP contribution < -0.4 is 14.9 Å². The van der Waals surface area contributed by atoms with Crippen molar-refractivity contribution in [3.63, 3.8) is 0 Å². The molecule has 3 heterocycles. The summed E-state index contributed by atoms with van der Waals surface area (Å²) in [6.45, 7) is 3.18. The summed E-state index contributed by atoms with van der Waals surface area (Å²) >= 11 is 0. The second-order valence-electron chi connectivity index (χ2n) is 11.8. The Balaban J connectivity index is 1.31. The zero-order valence-corrected chi connectivity index (χ0v) is 26.7. The Hall–Kier alpha value is -5.25. The van der Waals surface area contributed by atoms with E-state index in [0.717, 1.165) is 30.9 Å². The molecule has 2 aliphatic rings. The van der Waals surface area contributed by atoms with Gasteiger partial charge in [-0.1, -0.05) is 67.1 Å². The number of hydrogen-bond acceptors (Lipinski definition) is 6. The predicted octanol–water partition coefficient (Wildman–Crippen LogP) is 7.53. The molecule has 0 bridgehead atoms. The molecule has 1 saturated heterocycles. The van der Waals surface area contributed by atoms with E-state index in [1.807, 2.05) is 42.5 Å². The van der Waals surface area contributed by atoms with Crippen LogP contribution in [0.15, 0.2) is 133 Å². The van der Waals surface area contributed by atoms with Crippen molar-refractivity contribution in [2.75, 3.05) is 28.0 Å². The van der Waals surface area contributed by atoms with Crippen LogP contribution in [0.3, 0.4) is 0 Å². The summed E-state index contributed by atoms with van der Waals surface area (Å²) in [5.41, 5.74) is 5.93. The van der Waals surface area contributed by atoms with E-state index in [2.05, 4.69) is 32.7 Å². The fourth-order valence-corrected chi connectivity index (χ4v) is 7.71. The molecule has 0 aliphatic carbocycles. The zero-order valence-electron chi connectivity index (χ0n) is 25.8. The van der Waals surface area contributed by atoms with Gasteiger partial charge >= 0.3 is 0 Å². The Morgan fingerprint density at radius 2 is 1.53 bits per heavy atom. The number of rotatable bonds is 9. The van der Waals surface area contributed by atoms with Crippen LogP contribution in [0, 0.1) is 0 Å². The van der Waals surface area contributed by atoms with Crippen molar-refractivity contribution in [1.82, 2.24) is 9.88 Å². The van der Waals surface area contributed by atoms with E-state index in [-0.39, 0.29) is 10.8 Å². The minimum atomic E-state index is -4.04. The molecule has 5 aromatic rings. The highest BCUT2D eigenvalue weighted by Gasteiger charge is 2.32. The molecule has 47 heavy (non-hydrogen) atoms. The van der Waals surface area contributed by atoms with Gasteiger partial charge in [-0.2, -0.15) is 0 Å². The molecule has 1 amide bonds. The Morgan fingerprint density at radius 3 is 2.23 bits per heavy atom. The van der Waals surface area contributed by atoms with Gasteiger partial charge in [-0.25, -0.2) is 12.7 Å². The monoisotopic (exact) mass is 641 g/mol. The molecule has 1 fully saturated rings. The first-order valence-electron chi connectivity index (χ1n) is 15.8. The van der Waals surface area contributed by atoms with Crippen LogP contribution in [0.2, 0.25) is 0 Å². The third kappa shape index (κ3) is 6.40. The third-order valence-electron chi connectivity index (χ3n) is 8.53. The number of hydrogen-bond donors (Lipinski definition) is 2. The average Bonchev–Trinajstić information content (AvgIpc) is 3.44. The van der Waals surface area contributed by atoms with E-state index in [1.165, 1.54) is 35.3 Å². The SMILES string of the molecule is O=C1Nc2ccc(N(c3cccnc3)S(=O)(=O)c3ccccc3)cc2/C1=C(/Nc1ccc(CN2CCCCC2)cc1)c1ccccc1. The standard InChI is InChI=1S/C38H35N5O3S/c44-38-36(37(29-11-4-1-5-12-29)40-30-18-16-28(17-19-30)27-42-23-8-3-9-24-42)34-25-31(20-21-35(34)41-38)43(32-13-10-22-39-26-32)47(45,46)33-14-6-2-7-15-33/h1-2,4-7,10-22,25-26,40H,3,8-9,23-24,27H2,(H,41,44)/b37-36-. The molecule has 2 aliphatic heterocycles. The Kier molecular flexibility index (Phi) is 8.56. The lowest BCUT2D eigenvalue weighted by molar-refractivity contribution is -0.110. The summed E-state index contributed by atoms with van der Waals surface area (Å²) in [7, 11) is -4.04. The maximum atomic E-state index is 14.1. The van der Waals surface area contributed by atoms with Gasteiger partial charge in [0.05, 0.1) is 33.7 Å².